The lowest BCUT2D eigenvalue weighted by molar-refractivity contribution is 0.335. The summed E-state index contributed by atoms with van der Waals surface area (Å²) in [6.07, 6.45) is 2.30. The van der Waals surface area contributed by atoms with Crippen molar-refractivity contribution in [3.05, 3.63) is 17.0 Å². The lowest BCUT2D eigenvalue weighted by Crippen LogP contribution is -2.31. The summed E-state index contributed by atoms with van der Waals surface area (Å²) >= 11 is 0. The van der Waals surface area contributed by atoms with Crippen molar-refractivity contribution in [3.8, 4) is 0 Å². The minimum absolute atomic E-state index is 1.08. The van der Waals surface area contributed by atoms with Crippen LogP contribution in [0.1, 0.15) is 30.3 Å². The Kier molecular flexibility index (Phi) is 6.36. The van der Waals surface area contributed by atoms with Crippen molar-refractivity contribution in [1.82, 2.24) is 20.0 Å². The average Bonchev–Trinajstić information content (AvgIpc) is 2.57. The molecule has 0 spiro atoms. The number of likely N-dealkylation sites (N-methyl/N-ethyl adjacent to an activating group) is 1. The van der Waals surface area contributed by atoms with Crippen molar-refractivity contribution in [2.24, 2.45) is 7.05 Å². The second-order valence-corrected chi connectivity index (χ2v) is 5.08. The van der Waals surface area contributed by atoms with Gasteiger partial charge in [0.15, 0.2) is 0 Å². The first-order valence-electron chi connectivity index (χ1n) is 6.94. The van der Waals surface area contributed by atoms with Gasteiger partial charge in [-0.05, 0) is 45.8 Å². The van der Waals surface area contributed by atoms with Gasteiger partial charge in [0, 0.05) is 32.4 Å². The second-order valence-electron chi connectivity index (χ2n) is 5.08. The number of nitrogens with zero attached hydrogens (tertiary/aromatic N) is 3. The number of aromatic nitrogens is 2. The van der Waals surface area contributed by atoms with E-state index >= 15 is 0 Å². The van der Waals surface area contributed by atoms with Crippen molar-refractivity contribution in [1.29, 1.82) is 0 Å². The minimum atomic E-state index is 1.08. The van der Waals surface area contributed by atoms with Crippen molar-refractivity contribution < 1.29 is 0 Å². The molecule has 0 saturated carbocycles. The minimum Gasteiger partial charge on any atom is -0.315 e. The number of hydrogen-bond acceptors (Lipinski definition) is 3. The summed E-state index contributed by atoms with van der Waals surface area (Å²) in [5, 5.41) is 7.89. The van der Waals surface area contributed by atoms with E-state index in [2.05, 4.69) is 43.1 Å². The standard InChI is InChI=1S/C14H28N4/c1-6-8-15-9-11-17(4)10-7-14-12(2)16-18(5)13(14)3/h15H,6-11H2,1-5H3. The van der Waals surface area contributed by atoms with Crippen LogP contribution in [0.3, 0.4) is 0 Å². The van der Waals surface area contributed by atoms with Gasteiger partial charge in [0.1, 0.15) is 0 Å². The molecule has 0 aliphatic carbocycles. The molecule has 104 valence electrons. The highest BCUT2D eigenvalue weighted by Gasteiger charge is 2.09. The first-order chi connectivity index (χ1) is 8.56. The van der Waals surface area contributed by atoms with Crippen LogP contribution < -0.4 is 5.32 Å². The molecule has 0 radical (unpaired) electrons. The van der Waals surface area contributed by atoms with Crippen molar-refractivity contribution >= 4 is 0 Å². The molecular formula is C14H28N4. The molecule has 0 bridgehead atoms. The lowest BCUT2D eigenvalue weighted by atomic mass is 10.1. The van der Waals surface area contributed by atoms with E-state index in [0.717, 1.165) is 32.6 Å². The summed E-state index contributed by atoms with van der Waals surface area (Å²) in [4.78, 5) is 2.38. The van der Waals surface area contributed by atoms with E-state index in [4.69, 9.17) is 0 Å². The highest BCUT2D eigenvalue weighted by Crippen LogP contribution is 2.12. The third-order valence-corrected chi connectivity index (χ3v) is 3.50. The fourth-order valence-electron chi connectivity index (χ4n) is 2.17. The largest absolute Gasteiger partial charge is 0.315 e. The molecule has 1 N–H and O–H groups in total. The van der Waals surface area contributed by atoms with Gasteiger partial charge >= 0.3 is 0 Å². The van der Waals surface area contributed by atoms with Gasteiger partial charge in [-0.3, -0.25) is 4.68 Å². The monoisotopic (exact) mass is 252 g/mol. The van der Waals surface area contributed by atoms with Gasteiger partial charge in [-0.25, -0.2) is 0 Å². The highest BCUT2D eigenvalue weighted by atomic mass is 15.3. The van der Waals surface area contributed by atoms with E-state index in [-0.39, 0.29) is 0 Å². The molecule has 0 amide bonds. The Bertz CT molecular complexity index is 357. The number of rotatable bonds is 8. The molecule has 4 heteroatoms. The van der Waals surface area contributed by atoms with Gasteiger partial charge in [0.25, 0.3) is 0 Å². The predicted molar refractivity (Wildman–Crippen MR) is 77.0 cm³/mol. The van der Waals surface area contributed by atoms with Crippen molar-refractivity contribution in [2.45, 2.75) is 33.6 Å². The molecule has 1 aromatic heterocycles. The summed E-state index contributed by atoms with van der Waals surface area (Å²) in [6.45, 7) is 10.9. The number of aryl methyl sites for hydroxylation is 2. The van der Waals surface area contributed by atoms with E-state index in [1.54, 1.807) is 0 Å². The maximum atomic E-state index is 4.46. The summed E-state index contributed by atoms with van der Waals surface area (Å²) in [7, 11) is 4.21. The van der Waals surface area contributed by atoms with Crippen LogP contribution in [0.5, 0.6) is 0 Å². The molecule has 4 nitrogen and oxygen atoms in total. The van der Waals surface area contributed by atoms with Gasteiger partial charge in [-0.2, -0.15) is 5.10 Å². The Labute approximate surface area is 111 Å². The molecule has 0 fully saturated rings. The smallest absolute Gasteiger partial charge is 0.0628 e. The molecule has 0 aliphatic heterocycles. The topological polar surface area (TPSA) is 33.1 Å². The van der Waals surface area contributed by atoms with Crippen LogP contribution in [0.2, 0.25) is 0 Å². The molecular weight excluding hydrogens is 224 g/mol. The van der Waals surface area contributed by atoms with E-state index < -0.39 is 0 Å². The van der Waals surface area contributed by atoms with Gasteiger partial charge in [0.05, 0.1) is 5.69 Å². The fourth-order valence-corrected chi connectivity index (χ4v) is 2.17. The Morgan fingerprint density at radius 3 is 2.50 bits per heavy atom. The van der Waals surface area contributed by atoms with Gasteiger partial charge in [-0.15, -0.1) is 0 Å². The molecule has 0 aliphatic rings. The Morgan fingerprint density at radius 1 is 1.22 bits per heavy atom. The van der Waals surface area contributed by atoms with Crippen molar-refractivity contribution in [2.75, 3.05) is 33.2 Å². The summed E-state index contributed by atoms with van der Waals surface area (Å²) in [5.41, 5.74) is 3.88. The molecule has 0 atom stereocenters. The van der Waals surface area contributed by atoms with E-state index in [9.17, 15) is 0 Å². The van der Waals surface area contributed by atoms with Crippen LogP contribution in [0.4, 0.5) is 0 Å². The first-order valence-corrected chi connectivity index (χ1v) is 6.94. The summed E-state index contributed by atoms with van der Waals surface area (Å²) in [5.74, 6) is 0. The van der Waals surface area contributed by atoms with Gasteiger partial charge in [0.2, 0.25) is 0 Å². The van der Waals surface area contributed by atoms with E-state index in [1.165, 1.54) is 23.4 Å². The van der Waals surface area contributed by atoms with Crippen LogP contribution in [0.15, 0.2) is 0 Å². The SMILES string of the molecule is CCCNCCN(C)CCc1c(C)nn(C)c1C. The average molecular weight is 252 g/mol. The molecule has 18 heavy (non-hydrogen) atoms. The third-order valence-electron chi connectivity index (χ3n) is 3.50. The number of nitrogens with one attached hydrogen (secondary N) is 1. The molecule has 1 heterocycles. The first kappa shape index (κ1) is 15.2. The zero-order valence-corrected chi connectivity index (χ0v) is 12.6. The Hall–Kier alpha value is -0.870. The highest BCUT2D eigenvalue weighted by molar-refractivity contribution is 5.24. The van der Waals surface area contributed by atoms with Crippen molar-refractivity contribution in [3.63, 3.8) is 0 Å². The maximum Gasteiger partial charge on any atom is 0.0628 e. The lowest BCUT2D eigenvalue weighted by Gasteiger charge is -2.16. The Balaban J connectivity index is 2.31. The van der Waals surface area contributed by atoms with E-state index in [0.29, 0.717) is 0 Å². The zero-order chi connectivity index (χ0) is 13.5. The number of hydrogen-bond donors (Lipinski definition) is 1. The normalized spacial score (nSPS) is 11.4. The predicted octanol–water partition coefficient (Wildman–Crippen LogP) is 1.51. The van der Waals surface area contributed by atoms with Crippen LogP contribution in [-0.2, 0) is 13.5 Å². The van der Waals surface area contributed by atoms with Crippen LogP contribution in [0, 0.1) is 13.8 Å². The van der Waals surface area contributed by atoms with Crippen LogP contribution >= 0.6 is 0 Å². The summed E-state index contributed by atoms with van der Waals surface area (Å²) < 4.78 is 1.98. The quantitative estimate of drug-likeness (QED) is 0.712. The van der Waals surface area contributed by atoms with Gasteiger partial charge < -0.3 is 10.2 Å². The Morgan fingerprint density at radius 2 is 1.94 bits per heavy atom. The molecule has 1 rings (SSSR count). The van der Waals surface area contributed by atoms with Crippen LogP contribution in [0.25, 0.3) is 0 Å². The molecule has 0 aromatic carbocycles. The molecule has 0 saturated heterocycles. The fraction of sp³-hybridized carbons (Fsp3) is 0.786. The third kappa shape index (κ3) is 4.42. The zero-order valence-electron chi connectivity index (χ0n) is 12.6. The van der Waals surface area contributed by atoms with Crippen LogP contribution in [-0.4, -0.2) is 47.9 Å². The maximum absolute atomic E-state index is 4.46. The molecule has 1 aromatic rings. The second kappa shape index (κ2) is 7.54. The van der Waals surface area contributed by atoms with E-state index in [1.807, 2.05) is 11.7 Å². The summed E-state index contributed by atoms with van der Waals surface area (Å²) in [6, 6.07) is 0. The van der Waals surface area contributed by atoms with Gasteiger partial charge in [-0.1, -0.05) is 6.92 Å². The molecule has 0 unspecified atom stereocenters.